The molecule has 0 saturated carbocycles. The van der Waals surface area contributed by atoms with E-state index in [2.05, 4.69) is 34.7 Å². The highest BCUT2D eigenvalue weighted by Crippen LogP contribution is 2.19. The summed E-state index contributed by atoms with van der Waals surface area (Å²) in [6, 6.07) is 0. The molecule has 0 amide bonds. The highest BCUT2D eigenvalue weighted by molar-refractivity contribution is 9.11. The van der Waals surface area contributed by atoms with Gasteiger partial charge in [0, 0.05) is 24.2 Å². The van der Waals surface area contributed by atoms with Crippen LogP contribution in [0.5, 0.6) is 0 Å². The monoisotopic (exact) mass is 233 g/mol. The average molecular weight is 234 g/mol. The predicted molar refractivity (Wildman–Crippen MR) is 54.5 cm³/mol. The maximum absolute atomic E-state index is 5.45. The standard InChI is InChI=1S/C9H16BrNO/c1-7(10)5-11-6-9-3-4-12-8(9)2/h8-9,11H,1,3-6H2,2H3. The summed E-state index contributed by atoms with van der Waals surface area (Å²) in [4.78, 5) is 0. The van der Waals surface area contributed by atoms with Crippen LogP contribution in [-0.2, 0) is 4.74 Å². The van der Waals surface area contributed by atoms with Crippen molar-refractivity contribution in [3.05, 3.63) is 11.1 Å². The molecule has 0 spiro atoms. The van der Waals surface area contributed by atoms with Gasteiger partial charge in [-0.25, -0.2) is 0 Å². The highest BCUT2D eigenvalue weighted by atomic mass is 79.9. The van der Waals surface area contributed by atoms with Crippen LogP contribution in [0, 0.1) is 5.92 Å². The SMILES string of the molecule is C=C(Br)CNCC1CCOC1C. The lowest BCUT2D eigenvalue weighted by Gasteiger charge is -2.14. The van der Waals surface area contributed by atoms with Gasteiger partial charge in [-0.3, -0.25) is 0 Å². The minimum absolute atomic E-state index is 0.418. The van der Waals surface area contributed by atoms with Gasteiger partial charge in [-0.05, 0) is 19.3 Å². The third-order valence-electron chi connectivity index (χ3n) is 2.26. The normalized spacial score (nSPS) is 29.2. The summed E-state index contributed by atoms with van der Waals surface area (Å²) in [7, 11) is 0. The van der Waals surface area contributed by atoms with E-state index in [4.69, 9.17) is 4.74 Å². The van der Waals surface area contributed by atoms with Gasteiger partial charge in [0.25, 0.3) is 0 Å². The van der Waals surface area contributed by atoms with Crippen LogP contribution >= 0.6 is 15.9 Å². The van der Waals surface area contributed by atoms with E-state index in [0.717, 1.165) is 24.2 Å². The molecular weight excluding hydrogens is 218 g/mol. The van der Waals surface area contributed by atoms with Crippen molar-refractivity contribution in [3.8, 4) is 0 Å². The van der Waals surface area contributed by atoms with Crippen LogP contribution in [0.2, 0.25) is 0 Å². The Balaban J connectivity index is 2.10. The van der Waals surface area contributed by atoms with Gasteiger partial charge in [-0.1, -0.05) is 22.5 Å². The number of nitrogens with one attached hydrogen (secondary N) is 1. The molecule has 2 atom stereocenters. The molecule has 1 aliphatic rings. The first kappa shape index (κ1) is 10.2. The largest absolute Gasteiger partial charge is 0.378 e. The summed E-state index contributed by atoms with van der Waals surface area (Å²) in [6.45, 7) is 8.71. The highest BCUT2D eigenvalue weighted by Gasteiger charge is 2.23. The molecule has 70 valence electrons. The molecule has 1 saturated heterocycles. The maximum atomic E-state index is 5.45. The van der Waals surface area contributed by atoms with E-state index in [1.165, 1.54) is 6.42 Å². The van der Waals surface area contributed by atoms with Crippen molar-refractivity contribution in [1.82, 2.24) is 5.32 Å². The fourth-order valence-corrected chi connectivity index (χ4v) is 1.64. The van der Waals surface area contributed by atoms with Crippen LogP contribution in [0.3, 0.4) is 0 Å². The van der Waals surface area contributed by atoms with Crippen molar-refractivity contribution in [2.75, 3.05) is 19.7 Å². The van der Waals surface area contributed by atoms with Crippen molar-refractivity contribution in [2.24, 2.45) is 5.92 Å². The van der Waals surface area contributed by atoms with Gasteiger partial charge in [0.05, 0.1) is 6.10 Å². The summed E-state index contributed by atoms with van der Waals surface area (Å²) in [5, 5.41) is 3.33. The molecule has 0 aromatic carbocycles. The second-order valence-corrected chi connectivity index (χ2v) is 4.39. The first-order valence-corrected chi connectivity index (χ1v) is 5.15. The van der Waals surface area contributed by atoms with E-state index < -0.39 is 0 Å². The molecule has 0 aromatic rings. The Morgan fingerprint density at radius 1 is 1.75 bits per heavy atom. The van der Waals surface area contributed by atoms with Gasteiger partial charge >= 0.3 is 0 Å². The van der Waals surface area contributed by atoms with E-state index in [9.17, 15) is 0 Å². The van der Waals surface area contributed by atoms with Crippen molar-refractivity contribution in [3.63, 3.8) is 0 Å². The Hall–Kier alpha value is 0.140. The topological polar surface area (TPSA) is 21.3 Å². The average Bonchev–Trinajstić information content (AvgIpc) is 2.36. The molecule has 1 aliphatic heterocycles. The molecule has 0 aliphatic carbocycles. The van der Waals surface area contributed by atoms with Crippen LogP contribution in [0.4, 0.5) is 0 Å². The number of ether oxygens (including phenoxy) is 1. The second kappa shape index (κ2) is 5.00. The van der Waals surface area contributed by atoms with Gasteiger partial charge in [0.15, 0.2) is 0 Å². The summed E-state index contributed by atoms with van der Waals surface area (Å²) < 4.78 is 6.46. The fourth-order valence-electron chi connectivity index (χ4n) is 1.44. The predicted octanol–water partition coefficient (Wildman–Crippen LogP) is 1.91. The smallest absolute Gasteiger partial charge is 0.0588 e. The summed E-state index contributed by atoms with van der Waals surface area (Å²) >= 11 is 3.31. The Bertz CT molecular complexity index is 161. The maximum Gasteiger partial charge on any atom is 0.0588 e. The number of hydrogen-bond acceptors (Lipinski definition) is 2. The zero-order valence-corrected chi connectivity index (χ0v) is 9.06. The van der Waals surface area contributed by atoms with Gasteiger partial charge < -0.3 is 10.1 Å². The van der Waals surface area contributed by atoms with E-state index in [-0.39, 0.29) is 0 Å². The van der Waals surface area contributed by atoms with Crippen LogP contribution in [0.25, 0.3) is 0 Å². The minimum atomic E-state index is 0.418. The van der Waals surface area contributed by atoms with Crippen molar-refractivity contribution in [1.29, 1.82) is 0 Å². The Kier molecular flexibility index (Phi) is 4.26. The van der Waals surface area contributed by atoms with Crippen molar-refractivity contribution < 1.29 is 4.74 Å². The van der Waals surface area contributed by atoms with Crippen LogP contribution < -0.4 is 5.32 Å². The molecule has 1 heterocycles. The zero-order valence-electron chi connectivity index (χ0n) is 7.48. The van der Waals surface area contributed by atoms with E-state index in [0.29, 0.717) is 12.0 Å². The Morgan fingerprint density at radius 2 is 2.50 bits per heavy atom. The lowest BCUT2D eigenvalue weighted by Crippen LogP contribution is -2.27. The van der Waals surface area contributed by atoms with Crippen molar-refractivity contribution >= 4 is 15.9 Å². The fraction of sp³-hybridized carbons (Fsp3) is 0.778. The van der Waals surface area contributed by atoms with E-state index in [1.807, 2.05) is 0 Å². The third-order valence-corrected chi connectivity index (χ3v) is 2.54. The number of halogens is 1. The van der Waals surface area contributed by atoms with Crippen LogP contribution in [0.1, 0.15) is 13.3 Å². The van der Waals surface area contributed by atoms with E-state index >= 15 is 0 Å². The van der Waals surface area contributed by atoms with Crippen LogP contribution in [-0.4, -0.2) is 25.8 Å². The molecule has 0 bridgehead atoms. The second-order valence-electron chi connectivity index (χ2n) is 3.27. The molecule has 3 heteroatoms. The van der Waals surface area contributed by atoms with Crippen molar-refractivity contribution in [2.45, 2.75) is 19.4 Å². The molecule has 0 radical (unpaired) electrons. The molecule has 1 fully saturated rings. The summed E-state index contributed by atoms with van der Waals surface area (Å²) in [6.07, 6.45) is 1.60. The number of rotatable bonds is 4. The molecule has 1 rings (SSSR count). The number of hydrogen-bond donors (Lipinski definition) is 1. The lowest BCUT2D eigenvalue weighted by molar-refractivity contribution is 0.106. The lowest BCUT2D eigenvalue weighted by atomic mass is 10.0. The first-order valence-electron chi connectivity index (χ1n) is 4.35. The van der Waals surface area contributed by atoms with Gasteiger partial charge in [0.1, 0.15) is 0 Å². The van der Waals surface area contributed by atoms with Crippen LogP contribution in [0.15, 0.2) is 11.1 Å². The minimum Gasteiger partial charge on any atom is -0.378 e. The van der Waals surface area contributed by atoms with E-state index in [1.54, 1.807) is 0 Å². The molecule has 12 heavy (non-hydrogen) atoms. The quantitative estimate of drug-likeness (QED) is 0.802. The summed E-state index contributed by atoms with van der Waals surface area (Å²) in [5.74, 6) is 0.678. The molecule has 1 N–H and O–H groups in total. The third kappa shape index (κ3) is 3.25. The van der Waals surface area contributed by atoms with Gasteiger partial charge in [-0.2, -0.15) is 0 Å². The Labute approximate surface area is 82.5 Å². The summed E-state index contributed by atoms with van der Waals surface area (Å²) in [5.41, 5.74) is 0. The molecular formula is C9H16BrNO. The van der Waals surface area contributed by atoms with Gasteiger partial charge in [-0.15, -0.1) is 0 Å². The first-order chi connectivity index (χ1) is 5.70. The molecule has 2 nitrogen and oxygen atoms in total. The zero-order chi connectivity index (χ0) is 8.97. The van der Waals surface area contributed by atoms with Gasteiger partial charge in [0.2, 0.25) is 0 Å². The molecule has 2 unspecified atom stereocenters. The molecule has 0 aromatic heterocycles. The Morgan fingerprint density at radius 3 is 3.00 bits per heavy atom.